The maximum Gasteiger partial charge on any atom is 0.252 e. The Hall–Kier alpha value is -0.520. The minimum atomic E-state index is -0.0000709. The van der Waals surface area contributed by atoms with Crippen LogP contribution in [0.2, 0.25) is 0 Å². The average molecular weight is 355 g/mol. The molecule has 2 saturated heterocycles. The molecule has 0 spiro atoms. The van der Waals surface area contributed by atoms with Crippen LogP contribution >= 0.6 is 28.6 Å². The number of carbonyl (C=O) groups is 1. The van der Waals surface area contributed by atoms with Crippen LogP contribution in [0.25, 0.3) is 0 Å². The van der Waals surface area contributed by atoms with E-state index >= 15 is 0 Å². The fraction of sp³-hybridized carbons (Fsp3) is 0.533. The molecule has 3 rings (SSSR count). The number of nitrogens with zero attached hydrogens (tertiary/aromatic N) is 1. The van der Waals surface area contributed by atoms with E-state index in [0.717, 1.165) is 22.3 Å². The summed E-state index contributed by atoms with van der Waals surface area (Å²) in [5.41, 5.74) is 0.658. The van der Waals surface area contributed by atoms with Crippen LogP contribution < -0.4 is 5.32 Å². The van der Waals surface area contributed by atoms with Crippen molar-refractivity contribution in [1.82, 2.24) is 10.2 Å². The zero-order valence-corrected chi connectivity index (χ0v) is 13.8. The molecule has 3 nitrogen and oxygen atoms in total. The molecule has 0 radical (unpaired) electrons. The molecule has 2 atom stereocenters. The second kappa shape index (κ2) is 6.08. The molecule has 1 amide bonds. The third kappa shape index (κ3) is 2.90. The smallest absolute Gasteiger partial charge is 0.252 e. The minimum Gasteiger partial charge on any atom is -0.348 e. The van der Waals surface area contributed by atoms with Gasteiger partial charge in [0.15, 0.2) is 0 Å². The van der Waals surface area contributed by atoms with Gasteiger partial charge >= 0.3 is 0 Å². The van der Waals surface area contributed by atoms with Crippen LogP contribution in [-0.4, -0.2) is 36.0 Å². The van der Waals surface area contributed by atoms with Gasteiger partial charge in [0.25, 0.3) is 5.91 Å². The monoisotopic (exact) mass is 354 g/mol. The summed E-state index contributed by atoms with van der Waals surface area (Å²) in [6.45, 7) is 2.30. The first kappa shape index (κ1) is 14.4. The van der Waals surface area contributed by atoms with Crippen molar-refractivity contribution >= 4 is 34.5 Å². The van der Waals surface area contributed by atoms with Gasteiger partial charge in [-0.2, -0.15) is 0 Å². The van der Waals surface area contributed by atoms with Gasteiger partial charge in [-0.05, 0) is 44.0 Å². The minimum absolute atomic E-state index is 0.0000709. The molecule has 108 valence electrons. The van der Waals surface area contributed by atoms with Crippen LogP contribution in [0.5, 0.6) is 0 Å². The van der Waals surface area contributed by atoms with Gasteiger partial charge in [0, 0.05) is 28.0 Å². The van der Waals surface area contributed by atoms with E-state index in [-0.39, 0.29) is 5.91 Å². The SMILES string of the molecule is O=C(NC1CCN2CCCCC12)c1ccc(Br)cc1S. The summed E-state index contributed by atoms with van der Waals surface area (Å²) in [6.07, 6.45) is 4.85. The lowest BCUT2D eigenvalue weighted by Gasteiger charge is -2.32. The van der Waals surface area contributed by atoms with Gasteiger partial charge in [-0.25, -0.2) is 0 Å². The van der Waals surface area contributed by atoms with E-state index < -0.39 is 0 Å². The zero-order valence-electron chi connectivity index (χ0n) is 11.3. The lowest BCUT2D eigenvalue weighted by molar-refractivity contribution is 0.0912. The highest BCUT2D eigenvalue weighted by molar-refractivity contribution is 9.10. The summed E-state index contributed by atoms with van der Waals surface area (Å²) < 4.78 is 0.943. The van der Waals surface area contributed by atoms with E-state index in [1.807, 2.05) is 18.2 Å². The lowest BCUT2D eigenvalue weighted by atomic mass is 9.99. The Morgan fingerprint density at radius 3 is 2.95 bits per heavy atom. The number of nitrogens with one attached hydrogen (secondary N) is 1. The number of hydrogen-bond donors (Lipinski definition) is 2. The Balaban J connectivity index is 1.69. The van der Waals surface area contributed by atoms with Gasteiger partial charge in [0.2, 0.25) is 0 Å². The molecule has 0 saturated carbocycles. The fourth-order valence-corrected chi connectivity index (χ4v) is 4.21. The summed E-state index contributed by atoms with van der Waals surface area (Å²) in [5.74, 6) is -0.0000709. The van der Waals surface area contributed by atoms with Gasteiger partial charge in [-0.1, -0.05) is 22.4 Å². The molecule has 5 heteroatoms. The Kier molecular flexibility index (Phi) is 4.38. The molecule has 1 aromatic rings. The molecule has 1 N–H and O–H groups in total. The molecular weight excluding hydrogens is 336 g/mol. The third-order valence-corrected chi connectivity index (χ3v) is 5.24. The average Bonchev–Trinajstić information content (AvgIpc) is 2.82. The molecule has 2 aliphatic rings. The summed E-state index contributed by atoms with van der Waals surface area (Å²) in [7, 11) is 0. The lowest BCUT2D eigenvalue weighted by Crippen LogP contribution is -2.46. The highest BCUT2D eigenvalue weighted by Gasteiger charge is 2.36. The predicted octanol–water partition coefficient (Wildman–Crippen LogP) is 3.09. The summed E-state index contributed by atoms with van der Waals surface area (Å²) in [6, 6.07) is 6.40. The number of rotatable bonds is 2. The zero-order chi connectivity index (χ0) is 14.1. The van der Waals surface area contributed by atoms with E-state index in [9.17, 15) is 4.79 Å². The van der Waals surface area contributed by atoms with Crippen LogP contribution in [0.1, 0.15) is 36.0 Å². The molecule has 2 unspecified atom stereocenters. The maximum atomic E-state index is 12.4. The van der Waals surface area contributed by atoms with Crippen molar-refractivity contribution in [2.75, 3.05) is 13.1 Å². The van der Waals surface area contributed by atoms with Crippen molar-refractivity contribution in [3.05, 3.63) is 28.2 Å². The van der Waals surface area contributed by atoms with Crippen molar-refractivity contribution in [3.63, 3.8) is 0 Å². The summed E-state index contributed by atoms with van der Waals surface area (Å²) in [4.78, 5) is 15.7. The fourth-order valence-electron chi connectivity index (χ4n) is 3.36. The van der Waals surface area contributed by atoms with E-state index in [2.05, 4.69) is 38.8 Å². The molecule has 1 aromatic carbocycles. The first-order chi connectivity index (χ1) is 9.65. The first-order valence-corrected chi connectivity index (χ1v) is 8.42. The van der Waals surface area contributed by atoms with Crippen molar-refractivity contribution in [1.29, 1.82) is 0 Å². The molecule has 0 aliphatic carbocycles. The van der Waals surface area contributed by atoms with Crippen LogP contribution in [-0.2, 0) is 0 Å². The molecule has 2 aliphatic heterocycles. The van der Waals surface area contributed by atoms with E-state index in [0.29, 0.717) is 17.6 Å². The molecule has 20 heavy (non-hydrogen) atoms. The third-order valence-electron chi connectivity index (χ3n) is 4.38. The number of fused-ring (bicyclic) bond motifs is 1. The van der Waals surface area contributed by atoms with Crippen molar-refractivity contribution in [2.45, 2.75) is 42.7 Å². The Labute approximate surface area is 133 Å². The van der Waals surface area contributed by atoms with Gasteiger partial charge in [0.1, 0.15) is 0 Å². The van der Waals surface area contributed by atoms with Crippen LogP contribution in [0.15, 0.2) is 27.6 Å². The van der Waals surface area contributed by atoms with E-state index in [4.69, 9.17) is 0 Å². The molecule has 2 heterocycles. The largest absolute Gasteiger partial charge is 0.348 e. The molecular formula is C15H19BrN2OS. The highest BCUT2D eigenvalue weighted by Crippen LogP contribution is 2.28. The maximum absolute atomic E-state index is 12.4. The van der Waals surface area contributed by atoms with Gasteiger partial charge < -0.3 is 5.32 Å². The van der Waals surface area contributed by atoms with Gasteiger partial charge in [0.05, 0.1) is 5.56 Å². The number of thiol groups is 1. The van der Waals surface area contributed by atoms with Crippen molar-refractivity contribution in [3.8, 4) is 0 Å². The quantitative estimate of drug-likeness (QED) is 0.799. The highest BCUT2D eigenvalue weighted by atomic mass is 79.9. The van der Waals surface area contributed by atoms with Crippen molar-refractivity contribution in [2.24, 2.45) is 0 Å². The number of amides is 1. The molecule has 0 aromatic heterocycles. The summed E-state index contributed by atoms with van der Waals surface area (Å²) in [5, 5.41) is 3.21. The van der Waals surface area contributed by atoms with E-state index in [1.54, 1.807) is 0 Å². The Bertz CT molecular complexity index is 523. The Morgan fingerprint density at radius 1 is 1.30 bits per heavy atom. The predicted molar refractivity (Wildman–Crippen MR) is 86.5 cm³/mol. The number of carbonyl (C=O) groups excluding carboxylic acids is 1. The van der Waals surface area contributed by atoms with Gasteiger partial charge in [-0.3, -0.25) is 9.69 Å². The second-order valence-corrected chi connectivity index (χ2v) is 7.03. The topological polar surface area (TPSA) is 32.3 Å². The molecule has 2 fully saturated rings. The summed E-state index contributed by atoms with van der Waals surface area (Å²) >= 11 is 7.79. The number of benzene rings is 1. The van der Waals surface area contributed by atoms with Gasteiger partial charge in [-0.15, -0.1) is 12.6 Å². The van der Waals surface area contributed by atoms with Crippen LogP contribution in [0.4, 0.5) is 0 Å². The second-order valence-electron chi connectivity index (χ2n) is 5.63. The standard InChI is InChI=1S/C15H19BrN2OS/c16-10-4-5-11(14(20)9-10)15(19)17-12-6-8-18-7-2-1-3-13(12)18/h4-5,9,12-13,20H,1-3,6-8H2,(H,17,19). The number of hydrogen-bond acceptors (Lipinski definition) is 3. The van der Waals surface area contributed by atoms with Crippen molar-refractivity contribution < 1.29 is 4.79 Å². The van der Waals surface area contributed by atoms with E-state index in [1.165, 1.54) is 25.8 Å². The normalized spacial score (nSPS) is 26.3. The number of halogens is 1. The first-order valence-electron chi connectivity index (χ1n) is 7.18. The van der Waals surface area contributed by atoms with Crippen LogP contribution in [0, 0.1) is 0 Å². The Morgan fingerprint density at radius 2 is 2.15 bits per heavy atom. The number of piperidine rings is 1. The van der Waals surface area contributed by atoms with Crippen LogP contribution in [0.3, 0.4) is 0 Å². The molecule has 0 bridgehead atoms.